The number of hydrogen-bond donors (Lipinski definition) is 0. The van der Waals surface area contributed by atoms with E-state index in [-0.39, 0.29) is 5.78 Å². The zero-order valence-electron chi connectivity index (χ0n) is 37.3. The second-order valence-electron chi connectivity index (χ2n) is 16.7. The summed E-state index contributed by atoms with van der Waals surface area (Å²) in [4.78, 5) is 35.1. The fourth-order valence-electron chi connectivity index (χ4n) is 8.35. The molecular weight excluding hydrogens is 837 g/mol. The van der Waals surface area contributed by atoms with Crippen LogP contribution >= 0.6 is 0 Å². The molecule has 11 rings (SSSR count). The van der Waals surface area contributed by atoms with Crippen molar-refractivity contribution in [3.8, 4) is 79.2 Å². The first-order chi connectivity index (χ1) is 33.4. The highest BCUT2D eigenvalue weighted by Crippen LogP contribution is 2.36. The number of para-hydroxylation sites is 1. The number of ether oxygens (including phenoxy) is 2. The maximum absolute atomic E-state index is 14.0. The number of rotatable bonds is 11. The molecule has 0 atom stereocenters. The average molecular weight is 879 g/mol. The molecule has 2 heterocycles. The first-order valence-electron chi connectivity index (χ1n) is 22.5. The van der Waals surface area contributed by atoms with E-state index in [4.69, 9.17) is 29.4 Å². The van der Waals surface area contributed by atoms with Crippen molar-refractivity contribution in [2.24, 2.45) is 0 Å². The molecule has 2 aromatic heterocycles. The van der Waals surface area contributed by atoms with Gasteiger partial charge < -0.3 is 9.47 Å². The molecule has 0 radical (unpaired) electrons. The summed E-state index contributed by atoms with van der Waals surface area (Å²) in [6, 6.07) is 71.4. The Morgan fingerprint density at radius 3 is 1.15 bits per heavy atom. The van der Waals surface area contributed by atoms with E-state index in [0.717, 1.165) is 89.5 Å². The SMILES string of the molecule is Cc1ccc(-c2nc3cc4nc(-c5ccc(-c6ccc(C)c(C(=O)c7ccc(Oc8ccc(Oc9ccccc9)cc8)cc7)c6)cc5)c(-c5ccccc5)nc4cc3nc2-c2ccccc2)cc1. The molecule has 7 heteroatoms. The molecule has 11 aromatic rings. The summed E-state index contributed by atoms with van der Waals surface area (Å²) in [7, 11) is 0. The van der Waals surface area contributed by atoms with E-state index < -0.39 is 0 Å². The van der Waals surface area contributed by atoms with E-state index in [0.29, 0.717) is 28.4 Å². The van der Waals surface area contributed by atoms with Gasteiger partial charge in [0.25, 0.3) is 0 Å². The van der Waals surface area contributed by atoms with Crippen molar-refractivity contribution >= 4 is 27.9 Å². The van der Waals surface area contributed by atoms with Crippen LogP contribution in [0.1, 0.15) is 27.0 Å². The average Bonchev–Trinajstić information content (AvgIpc) is 3.39. The summed E-state index contributed by atoms with van der Waals surface area (Å²) in [5, 5.41) is 0. The molecule has 0 spiro atoms. The van der Waals surface area contributed by atoms with Gasteiger partial charge in [0, 0.05) is 33.4 Å². The molecular formula is C61H42N4O3. The van der Waals surface area contributed by atoms with Gasteiger partial charge in [-0.2, -0.15) is 0 Å². The van der Waals surface area contributed by atoms with E-state index in [2.05, 4.69) is 85.8 Å². The highest BCUT2D eigenvalue weighted by Gasteiger charge is 2.19. The number of fused-ring (bicyclic) bond motifs is 2. The molecule has 0 aliphatic carbocycles. The smallest absolute Gasteiger partial charge is 0.193 e. The van der Waals surface area contributed by atoms with Gasteiger partial charge in [0.2, 0.25) is 0 Å². The van der Waals surface area contributed by atoms with E-state index in [1.807, 2.05) is 134 Å². The lowest BCUT2D eigenvalue weighted by Gasteiger charge is -2.14. The summed E-state index contributed by atoms with van der Waals surface area (Å²) in [6.07, 6.45) is 0. The van der Waals surface area contributed by atoms with Crippen LogP contribution in [-0.2, 0) is 0 Å². The topological polar surface area (TPSA) is 87.1 Å². The Labute approximate surface area is 394 Å². The second-order valence-corrected chi connectivity index (χ2v) is 16.7. The van der Waals surface area contributed by atoms with Crippen molar-refractivity contribution in [3.63, 3.8) is 0 Å². The van der Waals surface area contributed by atoms with E-state index in [9.17, 15) is 4.79 Å². The fourth-order valence-corrected chi connectivity index (χ4v) is 8.35. The van der Waals surface area contributed by atoms with Crippen molar-refractivity contribution in [1.29, 1.82) is 0 Å². The predicted octanol–water partition coefficient (Wildman–Crippen LogP) is 15.3. The number of aromatic nitrogens is 4. The number of carbonyl (C=O) groups excluding carboxylic acids is 1. The molecule has 0 N–H and O–H groups in total. The number of ketones is 1. The van der Waals surface area contributed by atoms with Gasteiger partial charge in [-0.3, -0.25) is 4.79 Å². The van der Waals surface area contributed by atoms with Crippen LogP contribution in [0.25, 0.3) is 78.2 Å². The van der Waals surface area contributed by atoms with Crippen molar-refractivity contribution in [2.75, 3.05) is 0 Å². The third-order valence-corrected chi connectivity index (χ3v) is 12.0. The molecule has 0 saturated carbocycles. The molecule has 0 amide bonds. The Hall–Kier alpha value is -9.07. The Balaban J connectivity index is 0.883. The Morgan fingerprint density at radius 1 is 0.338 bits per heavy atom. The van der Waals surface area contributed by atoms with Crippen LogP contribution in [0, 0.1) is 13.8 Å². The minimum absolute atomic E-state index is 0.0617. The van der Waals surface area contributed by atoms with Crippen LogP contribution in [0.3, 0.4) is 0 Å². The molecule has 7 nitrogen and oxygen atoms in total. The largest absolute Gasteiger partial charge is 0.457 e. The van der Waals surface area contributed by atoms with Crippen LogP contribution in [0.15, 0.2) is 218 Å². The number of benzene rings is 9. The standard InChI is InChI=1S/C61H42N4O3/c1-39-18-21-44(22-19-39)59-57(42-12-6-3-7-13-42)62-53-37-54-56(38-55(53)64-59)65-60(58(63-54)43-14-8-4-9-15-43)45-26-24-41(25-27-45)47-23-20-40(2)52(36-47)61(66)46-28-30-49(31-29-46)68-51-34-32-50(33-35-51)67-48-16-10-5-11-17-48/h3-38H,1-2H3. The summed E-state index contributed by atoms with van der Waals surface area (Å²) in [6.45, 7) is 4.05. The number of nitrogens with zero attached hydrogens (tertiary/aromatic N) is 4. The molecule has 9 aromatic carbocycles. The monoisotopic (exact) mass is 878 g/mol. The number of carbonyl (C=O) groups is 1. The van der Waals surface area contributed by atoms with Crippen molar-refractivity contribution in [2.45, 2.75) is 13.8 Å². The minimum atomic E-state index is -0.0617. The summed E-state index contributed by atoms with van der Waals surface area (Å²) in [5.41, 5.74) is 15.1. The maximum Gasteiger partial charge on any atom is 0.193 e. The van der Waals surface area contributed by atoms with Crippen LogP contribution in [0.2, 0.25) is 0 Å². The Morgan fingerprint density at radius 2 is 0.691 bits per heavy atom. The molecule has 0 unspecified atom stereocenters. The van der Waals surface area contributed by atoms with Gasteiger partial charge >= 0.3 is 0 Å². The van der Waals surface area contributed by atoms with Crippen LogP contribution in [0.5, 0.6) is 23.0 Å². The van der Waals surface area contributed by atoms with Gasteiger partial charge in [-0.15, -0.1) is 0 Å². The van der Waals surface area contributed by atoms with Gasteiger partial charge in [-0.1, -0.05) is 145 Å². The lowest BCUT2D eigenvalue weighted by atomic mass is 9.94. The Bertz CT molecular complexity index is 3600. The van der Waals surface area contributed by atoms with Crippen LogP contribution in [0.4, 0.5) is 0 Å². The lowest BCUT2D eigenvalue weighted by Crippen LogP contribution is -2.04. The molecule has 0 aliphatic heterocycles. The first kappa shape index (κ1) is 41.6. The van der Waals surface area contributed by atoms with Crippen LogP contribution in [-0.4, -0.2) is 25.7 Å². The number of hydrogen-bond acceptors (Lipinski definition) is 7. The van der Waals surface area contributed by atoms with Gasteiger partial charge in [-0.05, 0) is 109 Å². The first-order valence-corrected chi connectivity index (χ1v) is 22.5. The molecule has 0 aliphatic rings. The fraction of sp³-hybridized carbons (Fsp3) is 0.0328. The van der Waals surface area contributed by atoms with Crippen LogP contribution < -0.4 is 9.47 Å². The van der Waals surface area contributed by atoms with E-state index in [1.165, 1.54) is 5.56 Å². The summed E-state index contributed by atoms with van der Waals surface area (Å²) < 4.78 is 12.0. The quantitative estimate of drug-likeness (QED) is 0.0944. The highest BCUT2D eigenvalue weighted by molar-refractivity contribution is 6.10. The highest BCUT2D eigenvalue weighted by atomic mass is 16.5. The molecule has 0 fully saturated rings. The van der Waals surface area contributed by atoms with Gasteiger partial charge in [-0.25, -0.2) is 19.9 Å². The van der Waals surface area contributed by atoms with Crippen molar-refractivity contribution in [3.05, 3.63) is 241 Å². The zero-order chi connectivity index (χ0) is 46.0. The van der Waals surface area contributed by atoms with Crippen molar-refractivity contribution < 1.29 is 14.3 Å². The second kappa shape index (κ2) is 18.1. The van der Waals surface area contributed by atoms with E-state index in [1.54, 1.807) is 12.1 Å². The molecule has 324 valence electrons. The molecule has 0 bridgehead atoms. The van der Waals surface area contributed by atoms with Gasteiger partial charge in [0.15, 0.2) is 5.78 Å². The van der Waals surface area contributed by atoms with Gasteiger partial charge in [0.05, 0.1) is 44.8 Å². The normalized spacial score (nSPS) is 11.1. The van der Waals surface area contributed by atoms with Gasteiger partial charge in [0.1, 0.15) is 23.0 Å². The summed E-state index contributed by atoms with van der Waals surface area (Å²) >= 11 is 0. The summed E-state index contributed by atoms with van der Waals surface area (Å²) in [5.74, 6) is 2.71. The molecule has 68 heavy (non-hydrogen) atoms. The molecule has 0 saturated heterocycles. The third kappa shape index (κ3) is 8.60. The Kier molecular flexibility index (Phi) is 11.1. The van der Waals surface area contributed by atoms with Crippen molar-refractivity contribution in [1.82, 2.24) is 19.9 Å². The maximum atomic E-state index is 14.0. The third-order valence-electron chi connectivity index (χ3n) is 12.0. The van der Waals surface area contributed by atoms with E-state index >= 15 is 0 Å². The zero-order valence-corrected chi connectivity index (χ0v) is 37.3. The lowest BCUT2D eigenvalue weighted by molar-refractivity contribution is 0.103. The number of aryl methyl sites for hydroxylation is 2. The predicted molar refractivity (Wildman–Crippen MR) is 272 cm³/mol. The minimum Gasteiger partial charge on any atom is -0.457 e.